The first-order chi connectivity index (χ1) is 33.4. The van der Waals surface area contributed by atoms with Gasteiger partial charge in [0.2, 0.25) is 0 Å². The van der Waals surface area contributed by atoms with Crippen LogP contribution in [0.3, 0.4) is 0 Å². The fraction of sp³-hybridized carbons (Fsp3) is 0.586. The van der Waals surface area contributed by atoms with E-state index in [0.717, 1.165) is 139 Å². The molecule has 0 radical (unpaired) electrons. The molecule has 7 rings (SSSR count). The predicted molar refractivity (Wildman–Crippen MR) is 284 cm³/mol. The Kier molecular flexibility index (Phi) is 24.0. The summed E-state index contributed by atoms with van der Waals surface area (Å²) < 4.78 is 55.3. The molecule has 374 valence electrons. The van der Waals surface area contributed by atoms with Gasteiger partial charge < -0.3 is 37.9 Å². The lowest BCUT2D eigenvalue weighted by molar-refractivity contribution is 0.0273. The number of hydrogen-bond acceptors (Lipinski definition) is 8. The average Bonchev–Trinajstić information content (AvgIpc) is 3.31. The Balaban J connectivity index is 1.62. The van der Waals surface area contributed by atoms with Crippen molar-refractivity contribution in [3.05, 3.63) is 102 Å². The topological polar surface area (TPSA) is 73.8 Å². The third kappa shape index (κ3) is 17.2. The van der Waals surface area contributed by atoms with Crippen molar-refractivity contribution in [1.82, 2.24) is 0 Å². The quantitative estimate of drug-likeness (QED) is 0.0447. The fourth-order valence-corrected chi connectivity index (χ4v) is 10.3. The third-order valence-corrected chi connectivity index (χ3v) is 13.6. The standard InChI is InChI=1S/C58H80Br2O8/c1-5-9-13-17-21-65-55-43-31-47-39-53-41-49(57(47)67-23-19-15-11-7-3)33-45-37-52(60)38-46(56(45)66-22-18-14-10-6-2)34-50-42-54(64-30-28-62-26-25-61-27-29-63-53)40-48(32-44(55)36-51(59)35-43)58(50)68-24-20-16-12-8-4/h35-42H,5-34H2,1-4H3. The van der Waals surface area contributed by atoms with Crippen molar-refractivity contribution in [3.63, 3.8) is 0 Å². The van der Waals surface area contributed by atoms with Gasteiger partial charge in [0.15, 0.2) is 0 Å². The second-order valence-electron chi connectivity index (χ2n) is 18.5. The molecule has 2 heterocycles. The van der Waals surface area contributed by atoms with Gasteiger partial charge in [0.25, 0.3) is 0 Å². The van der Waals surface area contributed by atoms with Crippen LogP contribution in [0.1, 0.15) is 175 Å². The molecule has 0 fully saturated rings. The first kappa shape index (κ1) is 53.9. The van der Waals surface area contributed by atoms with Crippen molar-refractivity contribution in [2.24, 2.45) is 0 Å². The monoisotopic (exact) mass is 1060 g/mol. The first-order valence-electron chi connectivity index (χ1n) is 26.3. The zero-order valence-electron chi connectivity index (χ0n) is 41.9. The van der Waals surface area contributed by atoms with E-state index < -0.39 is 0 Å². The van der Waals surface area contributed by atoms with E-state index in [2.05, 4.69) is 108 Å². The highest BCUT2D eigenvalue weighted by Crippen LogP contribution is 2.43. The lowest BCUT2D eigenvalue weighted by atomic mass is 9.91. The molecule has 68 heavy (non-hydrogen) atoms. The molecular formula is C58H80Br2O8. The predicted octanol–water partition coefficient (Wildman–Crippen LogP) is 15.5. The Bertz CT molecular complexity index is 1870. The molecule has 0 aromatic heterocycles. The molecule has 3 aliphatic rings. The van der Waals surface area contributed by atoms with Crippen molar-refractivity contribution in [2.45, 2.75) is 156 Å². The van der Waals surface area contributed by atoms with Crippen LogP contribution in [0.15, 0.2) is 57.5 Å². The summed E-state index contributed by atoms with van der Waals surface area (Å²) in [6.45, 7) is 14.2. The smallest absolute Gasteiger partial charge is 0.126 e. The van der Waals surface area contributed by atoms with Crippen LogP contribution < -0.4 is 28.4 Å². The number of ether oxygens (including phenoxy) is 8. The number of halogens is 2. The summed E-state index contributed by atoms with van der Waals surface area (Å²) in [7, 11) is 0. The van der Waals surface area contributed by atoms with Gasteiger partial charge in [0, 0.05) is 79.1 Å². The largest absolute Gasteiger partial charge is 0.493 e. The molecule has 0 saturated heterocycles. The molecule has 0 N–H and O–H groups in total. The van der Waals surface area contributed by atoms with Gasteiger partial charge in [-0.25, -0.2) is 0 Å². The second kappa shape index (κ2) is 30.3. The normalized spacial score (nSPS) is 14.1. The van der Waals surface area contributed by atoms with Gasteiger partial charge in [-0.05, 0) is 74.2 Å². The maximum atomic E-state index is 7.03. The molecule has 2 aliphatic heterocycles. The summed E-state index contributed by atoms with van der Waals surface area (Å²) in [5.74, 6) is 5.22. The van der Waals surface area contributed by atoms with Crippen molar-refractivity contribution in [2.75, 3.05) is 66.1 Å². The van der Waals surface area contributed by atoms with Gasteiger partial charge in [-0.2, -0.15) is 0 Å². The van der Waals surface area contributed by atoms with E-state index in [9.17, 15) is 0 Å². The van der Waals surface area contributed by atoms with Crippen LogP contribution in [0, 0.1) is 0 Å². The van der Waals surface area contributed by atoms with Gasteiger partial charge in [-0.1, -0.05) is 137 Å². The van der Waals surface area contributed by atoms with Crippen molar-refractivity contribution in [3.8, 4) is 34.5 Å². The van der Waals surface area contributed by atoms with E-state index in [4.69, 9.17) is 37.9 Å². The molecule has 0 unspecified atom stereocenters. The molecule has 8 nitrogen and oxygen atoms in total. The lowest BCUT2D eigenvalue weighted by Crippen LogP contribution is -2.14. The summed E-state index contributed by atoms with van der Waals surface area (Å²) in [4.78, 5) is 0. The summed E-state index contributed by atoms with van der Waals surface area (Å²) >= 11 is 7.97. The van der Waals surface area contributed by atoms with Gasteiger partial charge >= 0.3 is 0 Å². The van der Waals surface area contributed by atoms with Crippen molar-refractivity contribution < 1.29 is 37.9 Å². The van der Waals surface area contributed by atoms with E-state index >= 15 is 0 Å². The Labute approximate surface area is 426 Å². The van der Waals surface area contributed by atoms with Gasteiger partial charge in [-0.3, -0.25) is 0 Å². The molecule has 4 aromatic carbocycles. The molecule has 0 amide bonds. The zero-order valence-corrected chi connectivity index (χ0v) is 45.0. The van der Waals surface area contributed by atoms with E-state index in [1.165, 1.54) is 51.4 Å². The summed E-state index contributed by atoms with van der Waals surface area (Å²) in [6.07, 6.45) is 20.2. The summed E-state index contributed by atoms with van der Waals surface area (Å²) in [5, 5.41) is 0. The maximum Gasteiger partial charge on any atom is 0.126 e. The Hall–Kier alpha value is -3.44. The van der Waals surface area contributed by atoms with Crippen LogP contribution in [-0.2, 0) is 35.2 Å². The van der Waals surface area contributed by atoms with E-state index in [0.29, 0.717) is 91.8 Å². The SMILES string of the molecule is CCCCCCOc1c2cc(Br)cc1Cc1cc3cc(c1OCCCCCC)Cc1cc(Br)cc(c1OCCCCCC)Cc1cc(cc(c1OCCCCCC)C2)OCCOCCOCCO3. The number of fused-ring (bicyclic) bond motifs is 9. The number of hydrogen-bond donors (Lipinski definition) is 0. The molecule has 0 saturated carbocycles. The first-order valence-corrected chi connectivity index (χ1v) is 27.9. The highest BCUT2D eigenvalue weighted by atomic mass is 79.9. The minimum Gasteiger partial charge on any atom is -0.493 e. The molecule has 1 aliphatic carbocycles. The molecule has 10 heteroatoms. The Morgan fingerprint density at radius 2 is 0.588 bits per heavy atom. The highest BCUT2D eigenvalue weighted by molar-refractivity contribution is 9.10. The number of benzene rings is 4. The highest BCUT2D eigenvalue weighted by Gasteiger charge is 2.25. The van der Waals surface area contributed by atoms with E-state index in [1.807, 2.05) is 0 Å². The number of unbranched alkanes of at least 4 members (excludes halogenated alkanes) is 12. The van der Waals surface area contributed by atoms with Crippen LogP contribution >= 0.6 is 31.9 Å². The van der Waals surface area contributed by atoms with Crippen LogP contribution in [-0.4, -0.2) is 66.1 Å². The van der Waals surface area contributed by atoms with Crippen LogP contribution in [0.4, 0.5) is 0 Å². The Morgan fingerprint density at radius 3 is 0.853 bits per heavy atom. The molecule has 10 bridgehead atoms. The maximum absolute atomic E-state index is 7.03. The average molecular weight is 1070 g/mol. The van der Waals surface area contributed by atoms with Crippen LogP contribution in [0.5, 0.6) is 34.5 Å². The van der Waals surface area contributed by atoms with Crippen molar-refractivity contribution in [1.29, 1.82) is 0 Å². The summed E-state index contributed by atoms with van der Waals surface area (Å²) in [6, 6.07) is 17.7. The molecule has 0 atom stereocenters. The number of rotatable bonds is 24. The Morgan fingerprint density at radius 1 is 0.338 bits per heavy atom. The lowest BCUT2D eigenvalue weighted by Gasteiger charge is -2.24. The van der Waals surface area contributed by atoms with E-state index in [1.54, 1.807) is 0 Å². The molecular weight excluding hydrogens is 984 g/mol. The van der Waals surface area contributed by atoms with Crippen LogP contribution in [0.25, 0.3) is 0 Å². The van der Waals surface area contributed by atoms with Crippen LogP contribution in [0.2, 0.25) is 0 Å². The minimum absolute atomic E-state index is 0.403. The van der Waals surface area contributed by atoms with Gasteiger partial charge in [0.05, 0.1) is 52.9 Å². The van der Waals surface area contributed by atoms with Crippen molar-refractivity contribution >= 4 is 31.9 Å². The van der Waals surface area contributed by atoms with Gasteiger partial charge in [-0.15, -0.1) is 0 Å². The molecule has 4 aromatic rings. The zero-order chi connectivity index (χ0) is 47.8. The minimum atomic E-state index is 0.403. The second-order valence-corrected chi connectivity index (χ2v) is 20.3. The fourth-order valence-electron chi connectivity index (χ4n) is 9.22. The third-order valence-electron chi connectivity index (χ3n) is 12.7. The summed E-state index contributed by atoms with van der Waals surface area (Å²) in [5.41, 5.74) is 8.63. The van der Waals surface area contributed by atoms with E-state index in [-0.39, 0.29) is 0 Å². The molecule has 0 spiro atoms. The van der Waals surface area contributed by atoms with Gasteiger partial charge in [0.1, 0.15) is 47.7 Å².